The molecule has 0 bridgehead atoms. The maximum atomic E-state index is 12.6. The number of rotatable bonds is 4. The zero-order valence-electron chi connectivity index (χ0n) is 12.4. The second-order valence-electron chi connectivity index (χ2n) is 4.92. The maximum absolute atomic E-state index is 12.6. The number of hydrogen-bond acceptors (Lipinski definition) is 3. The summed E-state index contributed by atoms with van der Waals surface area (Å²) in [6.45, 7) is 3.78. The van der Waals surface area contributed by atoms with Gasteiger partial charge in [0.1, 0.15) is 17.8 Å². The van der Waals surface area contributed by atoms with Crippen molar-refractivity contribution in [1.29, 1.82) is 0 Å². The van der Waals surface area contributed by atoms with Crippen LogP contribution in [0, 0.1) is 0 Å². The van der Waals surface area contributed by atoms with E-state index in [1.807, 2.05) is 19.9 Å². The molecule has 2 atom stereocenters. The normalized spacial score (nSPS) is 22.2. The molecular weight excluding hydrogens is 336 g/mol. The molecule has 1 saturated heterocycles. The van der Waals surface area contributed by atoms with Crippen molar-refractivity contribution < 1.29 is 14.3 Å². The molecule has 2 unspecified atom stereocenters. The molecule has 1 aliphatic rings. The van der Waals surface area contributed by atoms with Crippen LogP contribution in [0.3, 0.4) is 0 Å². The quantitative estimate of drug-likeness (QED) is 0.903. The minimum Gasteiger partial charge on any atom is -0.496 e. The van der Waals surface area contributed by atoms with E-state index < -0.39 is 12.1 Å². The Morgan fingerprint density at radius 2 is 2.00 bits per heavy atom. The summed E-state index contributed by atoms with van der Waals surface area (Å²) in [5.41, 5.74) is 0.702. The van der Waals surface area contributed by atoms with Crippen LogP contribution in [-0.2, 0) is 9.59 Å². The second kappa shape index (κ2) is 6.47. The molecule has 1 aromatic rings. The Balaban J connectivity index is 2.43. The number of carbonyl (C=O) groups excluding carboxylic acids is 2. The zero-order valence-corrected chi connectivity index (χ0v) is 13.9. The van der Waals surface area contributed by atoms with Gasteiger partial charge in [0.05, 0.1) is 11.6 Å². The van der Waals surface area contributed by atoms with E-state index in [1.165, 1.54) is 0 Å². The van der Waals surface area contributed by atoms with Crippen molar-refractivity contribution in [2.75, 3.05) is 12.0 Å². The Labute approximate surface area is 132 Å². The standard InChI is InChI=1S/C15H19BrN2O3/c1-4-11-15(20)18(12(5-2)14(19)17-11)9-6-7-13(21-3)10(16)8-9/h6-8,11-12H,4-5H2,1-3H3,(H,17,19). The number of halogens is 1. The van der Waals surface area contributed by atoms with E-state index in [4.69, 9.17) is 4.74 Å². The topological polar surface area (TPSA) is 58.6 Å². The molecule has 114 valence electrons. The first-order valence-corrected chi connectivity index (χ1v) is 7.79. The highest BCUT2D eigenvalue weighted by Crippen LogP contribution is 2.32. The van der Waals surface area contributed by atoms with Crippen LogP contribution in [-0.4, -0.2) is 31.0 Å². The molecule has 1 fully saturated rings. The van der Waals surface area contributed by atoms with Crippen molar-refractivity contribution in [3.8, 4) is 5.75 Å². The third-order valence-electron chi connectivity index (χ3n) is 3.67. The lowest BCUT2D eigenvalue weighted by molar-refractivity contribution is -0.134. The van der Waals surface area contributed by atoms with Gasteiger partial charge in [-0.15, -0.1) is 0 Å². The molecule has 1 N–H and O–H groups in total. The SMILES string of the molecule is CCC1NC(=O)C(CC)N(c2ccc(OC)c(Br)c2)C1=O. The summed E-state index contributed by atoms with van der Waals surface area (Å²) < 4.78 is 5.95. The first-order chi connectivity index (χ1) is 10.0. The van der Waals surface area contributed by atoms with Gasteiger partial charge in [0.2, 0.25) is 11.8 Å². The number of piperazine rings is 1. The number of methoxy groups -OCH3 is 1. The lowest BCUT2D eigenvalue weighted by atomic mass is 10.0. The molecule has 1 heterocycles. The zero-order chi connectivity index (χ0) is 15.6. The summed E-state index contributed by atoms with van der Waals surface area (Å²) in [4.78, 5) is 26.4. The highest BCUT2D eigenvalue weighted by atomic mass is 79.9. The van der Waals surface area contributed by atoms with Crippen LogP contribution in [0.2, 0.25) is 0 Å². The lowest BCUT2D eigenvalue weighted by Gasteiger charge is -2.38. The van der Waals surface area contributed by atoms with E-state index >= 15 is 0 Å². The summed E-state index contributed by atoms with van der Waals surface area (Å²) in [5.74, 6) is 0.518. The summed E-state index contributed by atoms with van der Waals surface area (Å²) >= 11 is 3.42. The number of nitrogens with zero attached hydrogens (tertiary/aromatic N) is 1. The molecule has 0 spiro atoms. The summed E-state index contributed by atoms with van der Waals surface area (Å²) in [6, 6.07) is 4.47. The lowest BCUT2D eigenvalue weighted by Crippen LogP contribution is -2.63. The predicted molar refractivity (Wildman–Crippen MR) is 84.5 cm³/mol. The highest BCUT2D eigenvalue weighted by Gasteiger charge is 2.39. The van der Waals surface area contributed by atoms with Crippen LogP contribution < -0.4 is 15.0 Å². The number of ether oxygens (including phenoxy) is 1. The van der Waals surface area contributed by atoms with E-state index in [1.54, 1.807) is 24.1 Å². The number of hydrogen-bond donors (Lipinski definition) is 1. The van der Waals surface area contributed by atoms with Crippen LogP contribution >= 0.6 is 15.9 Å². The molecule has 2 rings (SSSR count). The highest BCUT2D eigenvalue weighted by molar-refractivity contribution is 9.10. The van der Waals surface area contributed by atoms with Gasteiger partial charge in [0.15, 0.2) is 0 Å². The van der Waals surface area contributed by atoms with E-state index in [-0.39, 0.29) is 11.8 Å². The van der Waals surface area contributed by atoms with Gasteiger partial charge in [-0.05, 0) is 47.0 Å². The largest absolute Gasteiger partial charge is 0.496 e. The molecule has 1 aliphatic heterocycles. The number of nitrogens with one attached hydrogen (secondary N) is 1. The van der Waals surface area contributed by atoms with Crippen molar-refractivity contribution in [2.45, 2.75) is 38.8 Å². The fourth-order valence-electron chi connectivity index (χ4n) is 2.53. The van der Waals surface area contributed by atoms with Crippen LogP contribution in [0.4, 0.5) is 5.69 Å². The average Bonchev–Trinajstić information content (AvgIpc) is 2.48. The van der Waals surface area contributed by atoms with Crippen molar-refractivity contribution in [3.05, 3.63) is 22.7 Å². The molecule has 1 aromatic carbocycles. The monoisotopic (exact) mass is 354 g/mol. The van der Waals surface area contributed by atoms with E-state index in [9.17, 15) is 9.59 Å². The smallest absolute Gasteiger partial charge is 0.250 e. The third-order valence-corrected chi connectivity index (χ3v) is 4.29. The van der Waals surface area contributed by atoms with Crippen LogP contribution in [0.25, 0.3) is 0 Å². The molecule has 0 aromatic heterocycles. The van der Waals surface area contributed by atoms with Crippen LogP contribution in [0.5, 0.6) is 5.75 Å². The Morgan fingerprint density at radius 1 is 1.29 bits per heavy atom. The predicted octanol–water partition coefficient (Wildman–Crippen LogP) is 2.48. The number of anilines is 1. The molecular formula is C15H19BrN2O3. The molecule has 5 nitrogen and oxygen atoms in total. The van der Waals surface area contributed by atoms with Gasteiger partial charge in [-0.25, -0.2) is 0 Å². The number of benzene rings is 1. The Hall–Kier alpha value is -1.56. The molecule has 6 heteroatoms. The minimum absolute atomic E-state index is 0.0685. The van der Waals surface area contributed by atoms with Crippen molar-refractivity contribution in [1.82, 2.24) is 5.32 Å². The third kappa shape index (κ3) is 2.90. The molecule has 21 heavy (non-hydrogen) atoms. The van der Waals surface area contributed by atoms with Gasteiger partial charge in [-0.1, -0.05) is 13.8 Å². The molecule has 0 aliphatic carbocycles. The fraction of sp³-hybridized carbons (Fsp3) is 0.467. The van der Waals surface area contributed by atoms with E-state index in [2.05, 4.69) is 21.2 Å². The van der Waals surface area contributed by atoms with Crippen LogP contribution in [0.15, 0.2) is 22.7 Å². The van der Waals surface area contributed by atoms with Gasteiger partial charge < -0.3 is 10.1 Å². The van der Waals surface area contributed by atoms with E-state index in [0.29, 0.717) is 24.3 Å². The molecule has 2 amide bonds. The molecule has 0 radical (unpaired) electrons. The minimum atomic E-state index is -0.472. The van der Waals surface area contributed by atoms with Gasteiger partial charge in [0.25, 0.3) is 0 Å². The van der Waals surface area contributed by atoms with Crippen molar-refractivity contribution >= 4 is 33.4 Å². The van der Waals surface area contributed by atoms with Crippen molar-refractivity contribution in [3.63, 3.8) is 0 Å². The van der Waals surface area contributed by atoms with E-state index in [0.717, 1.165) is 4.47 Å². The maximum Gasteiger partial charge on any atom is 0.250 e. The summed E-state index contributed by atoms with van der Waals surface area (Å²) in [6.07, 6.45) is 1.15. The van der Waals surface area contributed by atoms with Gasteiger partial charge in [-0.3, -0.25) is 14.5 Å². The van der Waals surface area contributed by atoms with Crippen LogP contribution in [0.1, 0.15) is 26.7 Å². The number of carbonyl (C=O) groups is 2. The Bertz CT molecular complexity index is 562. The van der Waals surface area contributed by atoms with Gasteiger partial charge in [-0.2, -0.15) is 0 Å². The first-order valence-electron chi connectivity index (χ1n) is 7.00. The Kier molecular flexibility index (Phi) is 4.88. The summed E-state index contributed by atoms with van der Waals surface area (Å²) in [7, 11) is 1.58. The average molecular weight is 355 g/mol. The molecule has 0 saturated carbocycles. The van der Waals surface area contributed by atoms with Gasteiger partial charge >= 0.3 is 0 Å². The summed E-state index contributed by atoms with van der Waals surface area (Å²) in [5, 5.41) is 2.79. The van der Waals surface area contributed by atoms with Crippen molar-refractivity contribution in [2.24, 2.45) is 0 Å². The second-order valence-corrected chi connectivity index (χ2v) is 5.77. The first kappa shape index (κ1) is 15.8. The Morgan fingerprint density at radius 3 is 2.52 bits per heavy atom. The fourth-order valence-corrected chi connectivity index (χ4v) is 3.05. The van der Waals surface area contributed by atoms with Gasteiger partial charge in [0, 0.05) is 5.69 Å². The number of amides is 2.